The quantitative estimate of drug-likeness (QED) is 0.722. The van der Waals surface area contributed by atoms with E-state index in [2.05, 4.69) is 17.2 Å². The zero-order valence-corrected chi connectivity index (χ0v) is 9.13. The summed E-state index contributed by atoms with van der Waals surface area (Å²) in [6.07, 6.45) is 0.913. The second kappa shape index (κ2) is 5.60. The lowest BCUT2D eigenvalue weighted by Crippen LogP contribution is -2.16. The smallest absolute Gasteiger partial charge is 0.140 e. The van der Waals surface area contributed by atoms with Gasteiger partial charge in [-0.1, -0.05) is 6.92 Å². The van der Waals surface area contributed by atoms with Gasteiger partial charge in [-0.15, -0.1) is 0 Å². The molecule has 78 valence electrons. The Bertz CT molecular complexity index is 287. The van der Waals surface area contributed by atoms with E-state index in [0.29, 0.717) is 6.61 Å². The summed E-state index contributed by atoms with van der Waals surface area (Å²) in [6.45, 7) is 5.63. The van der Waals surface area contributed by atoms with Gasteiger partial charge in [0.1, 0.15) is 12.4 Å². The third-order valence-electron chi connectivity index (χ3n) is 2.02. The summed E-state index contributed by atoms with van der Waals surface area (Å²) in [6, 6.07) is 3.98. The normalized spacial score (nSPS) is 10.2. The van der Waals surface area contributed by atoms with Crippen molar-refractivity contribution in [3.8, 4) is 5.75 Å². The minimum atomic E-state index is 0.689. The van der Waals surface area contributed by atoms with Gasteiger partial charge in [0, 0.05) is 12.2 Å². The van der Waals surface area contributed by atoms with Crippen molar-refractivity contribution in [1.29, 1.82) is 0 Å². The molecule has 3 heteroatoms. The topological polar surface area (TPSA) is 34.1 Å². The lowest BCUT2D eigenvalue weighted by Gasteiger charge is -2.09. The number of nitrogens with zero attached hydrogens (tertiary/aromatic N) is 1. The molecular formula is C11H18N2O. The lowest BCUT2D eigenvalue weighted by atomic mass is 10.2. The number of aryl methyl sites for hydroxylation is 2. The number of hydrogen-bond acceptors (Lipinski definition) is 3. The van der Waals surface area contributed by atoms with Gasteiger partial charge < -0.3 is 10.1 Å². The monoisotopic (exact) mass is 194 g/mol. The van der Waals surface area contributed by atoms with Crippen LogP contribution in [0.1, 0.15) is 18.3 Å². The van der Waals surface area contributed by atoms with Crippen LogP contribution in [0.4, 0.5) is 0 Å². The molecule has 1 rings (SSSR count). The maximum Gasteiger partial charge on any atom is 0.140 e. The fourth-order valence-corrected chi connectivity index (χ4v) is 1.25. The van der Waals surface area contributed by atoms with Gasteiger partial charge in [-0.2, -0.15) is 0 Å². The van der Waals surface area contributed by atoms with Crippen molar-refractivity contribution in [1.82, 2.24) is 10.3 Å². The number of nitrogens with one attached hydrogen (secondary N) is 1. The maximum atomic E-state index is 5.60. The van der Waals surface area contributed by atoms with E-state index < -0.39 is 0 Å². The fraction of sp³-hybridized carbons (Fsp3) is 0.545. The van der Waals surface area contributed by atoms with Crippen molar-refractivity contribution in [2.75, 3.05) is 20.2 Å². The summed E-state index contributed by atoms with van der Waals surface area (Å²) in [5.41, 5.74) is 2.09. The third kappa shape index (κ3) is 3.00. The first kappa shape index (κ1) is 11.0. The number of aromatic nitrogens is 1. The first-order valence-electron chi connectivity index (χ1n) is 5.01. The second-order valence-electron chi connectivity index (χ2n) is 3.20. The van der Waals surface area contributed by atoms with E-state index in [1.54, 1.807) is 0 Å². The van der Waals surface area contributed by atoms with Gasteiger partial charge in [-0.3, -0.25) is 4.98 Å². The van der Waals surface area contributed by atoms with Gasteiger partial charge in [0.15, 0.2) is 0 Å². The maximum absolute atomic E-state index is 5.60. The molecule has 0 aliphatic heterocycles. The average Bonchev–Trinajstić information content (AvgIpc) is 2.20. The summed E-state index contributed by atoms with van der Waals surface area (Å²) in [4.78, 5) is 4.42. The minimum absolute atomic E-state index is 0.689. The average molecular weight is 194 g/mol. The van der Waals surface area contributed by atoms with Crippen molar-refractivity contribution in [3.05, 3.63) is 23.5 Å². The molecule has 0 saturated heterocycles. The van der Waals surface area contributed by atoms with Crippen molar-refractivity contribution in [3.63, 3.8) is 0 Å². The van der Waals surface area contributed by atoms with E-state index >= 15 is 0 Å². The largest absolute Gasteiger partial charge is 0.490 e. The summed E-state index contributed by atoms with van der Waals surface area (Å²) in [5.74, 6) is 0.911. The zero-order valence-electron chi connectivity index (χ0n) is 9.13. The molecule has 1 aromatic rings. The predicted octanol–water partition coefficient (Wildman–Crippen LogP) is 1.55. The molecule has 1 N–H and O–H groups in total. The molecule has 14 heavy (non-hydrogen) atoms. The minimum Gasteiger partial charge on any atom is -0.490 e. The molecule has 0 saturated carbocycles. The van der Waals surface area contributed by atoms with Gasteiger partial charge in [-0.25, -0.2) is 0 Å². The van der Waals surface area contributed by atoms with E-state index in [0.717, 1.165) is 30.1 Å². The van der Waals surface area contributed by atoms with Crippen LogP contribution in [-0.2, 0) is 6.42 Å². The molecule has 0 bridgehead atoms. The van der Waals surface area contributed by atoms with Crippen LogP contribution in [0, 0.1) is 6.92 Å². The lowest BCUT2D eigenvalue weighted by molar-refractivity contribution is 0.313. The van der Waals surface area contributed by atoms with Gasteiger partial charge in [0.05, 0.1) is 5.69 Å². The number of pyridine rings is 1. The van der Waals surface area contributed by atoms with Gasteiger partial charge >= 0.3 is 0 Å². The second-order valence-corrected chi connectivity index (χ2v) is 3.20. The molecule has 1 aromatic heterocycles. The molecule has 0 amide bonds. The van der Waals surface area contributed by atoms with Crippen LogP contribution < -0.4 is 10.1 Å². The van der Waals surface area contributed by atoms with Crippen molar-refractivity contribution in [2.45, 2.75) is 20.3 Å². The molecule has 0 aliphatic rings. The first-order valence-corrected chi connectivity index (χ1v) is 5.01. The third-order valence-corrected chi connectivity index (χ3v) is 2.02. The van der Waals surface area contributed by atoms with E-state index in [9.17, 15) is 0 Å². The molecule has 3 nitrogen and oxygen atoms in total. The van der Waals surface area contributed by atoms with Crippen LogP contribution in [0.5, 0.6) is 5.75 Å². The van der Waals surface area contributed by atoms with Crippen LogP contribution >= 0.6 is 0 Å². The Labute approximate surface area is 85.5 Å². The van der Waals surface area contributed by atoms with Crippen LogP contribution in [0.3, 0.4) is 0 Å². The number of rotatable bonds is 5. The van der Waals surface area contributed by atoms with Gasteiger partial charge in [0.25, 0.3) is 0 Å². The Morgan fingerprint density at radius 3 is 2.86 bits per heavy atom. The molecule has 0 radical (unpaired) electrons. The summed E-state index contributed by atoms with van der Waals surface area (Å²) < 4.78 is 5.60. The zero-order chi connectivity index (χ0) is 10.4. The van der Waals surface area contributed by atoms with Crippen LogP contribution in [0.2, 0.25) is 0 Å². The Hall–Kier alpha value is -1.09. The molecule has 0 atom stereocenters. The van der Waals surface area contributed by atoms with Crippen molar-refractivity contribution < 1.29 is 4.74 Å². The number of likely N-dealkylation sites (N-methyl/N-ethyl adjacent to an activating group) is 1. The highest BCUT2D eigenvalue weighted by atomic mass is 16.5. The van der Waals surface area contributed by atoms with E-state index in [-0.39, 0.29) is 0 Å². The SMILES string of the molecule is CCc1nc(C)ccc1OCCNC. The van der Waals surface area contributed by atoms with Crippen LogP contribution in [0.15, 0.2) is 12.1 Å². The fourth-order valence-electron chi connectivity index (χ4n) is 1.25. The highest BCUT2D eigenvalue weighted by molar-refractivity contribution is 5.29. The molecule has 0 fully saturated rings. The summed E-state index contributed by atoms with van der Waals surface area (Å²) in [5, 5.41) is 3.04. The predicted molar refractivity (Wildman–Crippen MR) is 57.8 cm³/mol. The van der Waals surface area contributed by atoms with Crippen LogP contribution in [0.25, 0.3) is 0 Å². The molecular weight excluding hydrogens is 176 g/mol. The molecule has 0 spiro atoms. The number of hydrogen-bond donors (Lipinski definition) is 1. The number of ether oxygens (including phenoxy) is 1. The molecule has 1 heterocycles. The molecule has 0 aromatic carbocycles. The first-order chi connectivity index (χ1) is 6.77. The Kier molecular flexibility index (Phi) is 4.40. The van der Waals surface area contributed by atoms with Crippen molar-refractivity contribution in [2.24, 2.45) is 0 Å². The van der Waals surface area contributed by atoms with Gasteiger partial charge in [0.2, 0.25) is 0 Å². The summed E-state index contributed by atoms with van der Waals surface area (Å²) >= 11 is 0. The molecule has 0 aliphatic carbocycles. The highest BCUT2D eigenvalue weighted by Gasteiger charge is 2.02. The van der Waals surface area contributed by atoms with E-state index in [1.807, 2.05) is 26.1 Å². The van der Waals surface area contributed by atoms with Crippen molar-refractivity contribution >= 4 is 0 Å². The van der Waals surface area contributed by atoms with E-state index in [4.69, 9.17) is 4.74 Å². The summed E-state index contributed by atoms with van der Waals surface area (Å²) in [7, 11) is 1.91. The Morgan fingerprint density at radius 1 is 1.43 bits per heavy atom. The van der Waals surface area contributed by atoms with Crippen LogP contribution in [-0.4, -0.2) is 25.2 Å². The highest BCUT2D eigenvalue weighted by Crippen LogP contribution is 2.16. The Balaban J connectivity index is 2.65. The standard InChI is InChI=1S/C11H18N2O/c1-4-10-11(14-8-7-12-3)6-5-9(2)13-10/h5-6,12H,4,7-8H2,1-3H3. The van der Waals surface area contributed by atoms with E-state index in [1.165, 1.54) is 0 Å². The molecule has 0 unspecified atom stereocenters. The van der Waals surface area contributed by atoms with Gasteiger partial charge in [-0.05, 0) is 32.5 Å². The Morgan fingerprint density at radius 2 is 2.21 bits per heavy atom.